The second kappa shape index (κ2) is 6.83. The lowest BCUT2D eigenvalue weighted by Crippen LogP contribution is -2.18. The van der Waals surface area contributed by atoms with Crippen molar-refractivity contribution in [2.45, 2.75) is 25.9 Å². The van der Waals surface area contributed by atoms with E-state index >= 15 is 0 Å². The number of rotatable bonds is 6. The Hall–Kier alpha value is -1.72. The van der Waals surface area contributed by atoms with Gasteiger partial charge in [0.15, 0.2) is 11.5 Å². The fourth-order valence-corrected chi connectivity index (χ4v) is 2.53. The van der Waals surface area contributed by atoms with Crippen LogP contribution in [0, 0.1) is 0 Å². The van der Waals surface area contributed by atoms with Gasteiger partial charge < -0.3 is 15.2 Å². The molecule has 1 aromatic carbocycles. The summed E-state index contributed by atoms with van der Waals surface area (Å²) in [5.74, 6) is 1.31. The minimum atomic E-state index is -0.369. The average Bonchev–Trinajstić information content (AvgIpc) is 2.87. The van der Waals surface area contributed by atoms with Gasteiger partial charge in [0.05, 0.1) is 37.2 Å². The molecule has 0 aliphatic carbocycles. The predicted molar refractivity (Wildman–Crippen MR) is 83.1 cm³/mol. The van der Waals surface area contributed by atoms with E-state index in [0.717, 1.165) is 24.2 Å². The Morgan fingerprint density at radius 2 is 2.00 bits per heavy atom. The second-order valence-corrected chi connectivity index (χ2v) is 5.10. The summed E-state index contributed by atoms with van der Waals surface area (Å²) in [6.07, 6.45) is 2.59. The number of benzene rings is 1. The summed E-state index contributed by atoms with van der Waals surface area (Å²) >= 11 is 6.24. The first-order chi connectivity index (χ1) is 10.1. The first-order valence-electron chi connectivity index (χ1n) is 6.81. The fourth-order valence-electron chi connectivity index (χ4n) is 2.28. The van der Waals surface area contributed by atoms with Crippen LogP contribution >= 0.6 is 11.6 Å². The molecule has 0 aliphatic heterocycles. The van der Waals surface area contributed by atoms with E-state index in [2.05, 4.69) is 12.0 Å². The lowest BCUT2D eigenvalue weighted by Gasteiger charge is -2.17. The monoisotopic (exact) mass is 309 g/mol. The number of ether oxygens (including phenoxy) is 2. The summed E-state index contributed by atoms with van der Waals surface area (Å²) < 4.78 is 12.4. The normalized spacial score (nSPS) is 12.2. The topological polar surface area (TPSA) is 62.3 Å². The molecular formula is C15H20ClN3O2. The van der Waals surface area contributed by atoms with E-state index in [9.17, 15) is 0 Å². The van der Waals surface area contributed by atoms with Crippen molar-refractivity contribution in [1.82, 2.24) is 9.78 Å². The number of aromatic nitrogens is 2. The highest BCUT2D eigenvalue weighted by atomic mass is 35.5. The molecule has 0 saturated carbocycles. The molecular weight excluding hydrogens is 290 g/mol. The Kier molecular flexibility index (Phi) is 5.09. The van der Waals surface area contributed by atoms with Gasteiger partial charge >= 0.3 is 0 Å². The highest BCUT2D eigenvalue weighted by Gasteiger charge is 2.19. The summed E-state index contributed by atoms with van der Waals surface area (Å²) in [5, 5.41) is 4.85. The van der Waals surface area contributed by atoms with Crippen LogP contribution in [-0.4, -0.2) is 24.0 Å². The molecule has 0 aliphatic rings. The molecule has 6 heteroatoms. The Morgan fingerprint density at radius 1 is 1.29 bits per heavy atom. The van der Waals surface area contributed by atoms with E-state index in [1.807, 2.05) is 22.9 Å². The maximum atomic E-state index is 6.37. The summed E-state index contributed by atoms with van der Waals surface area (Å²) in [6, 6.07) is 5.24. The predicted octanol–water partition coefficient (Wildman–Crippen LogP) is 3.01. The molecule has 0 amide bonds. The first-order valence-corrected chi connectivity index (χ1v) is 7.18. The maximum Gasteiger partial charge on any atom is 0.161 e. The van der Waals surface area contributed by atoms with Gasteiger partial charge in [-0.25, -0.2) is 0 Å². The third-order valence-electron chi connectivity index (χ3n) is 3.33. The molecule has 0 saturated heterocycles. The third kappa shape index (κ3) is 3.14. The van der Waals surface area contributed by atoms with Gasteiger partial charge in [0.2, 0.25) is 0 Å². The largest absolute Gasteiger partial charge is 0.493 e. The van der Waals surface area contributed by atoms with Crippen LogP contribution in [0.4, 0.5) is 0 Å². The number of aryl methyl sites for hydroxylation is 1. The highest BCUT2D eigenvalue weighted by Crippen LogP contribution is 2.33. The zero-order chi connectivity index (χ0) is 15.4. The molecule has 2 aromatic rings. The Labute approximate surface area is 129 Å². The number of halogens is 1. The zero-order valence-corrected chi connectivity index (χ0v) is 13.2. The first kappa shape index (κ1) is 15.7. The minimum absolute atomic E-state index is 0.369. The summed E-state index contributed by atoms with van der Waals surface area (Å²) in [4.78, 5) is 0. The van der Waals surface area contributed by atoms with Crippen LogP contribution in [0.1, 0.15) is 30.6 Å². The highest BCUT2D eigenvalue weighted by molar-refractivity contribution is 6.31. The molecule has 1 heterocycles. The van der Waals surface area contributed by atoms with Gasteiger partial charge in [0.1, 0.15) is 0 Å². The van der Waals surface area contributed by atoms with Gasteiger partial charge in [-0.05, 0) is 24.1 Å². The van der Waals surface area contributed by atoms with Gasteiger partial charge in [-0.1, -0.05) is 24.6 Å². The van der Waals surface area contributed by atoms with Gasteiger partial charge in [0.25, 0.3) is 0 Å². The molecule has 114 valence electrons. The maximum absolute atomic E-state index is 6.37. The van der Waals surface area contributed by atoms with E-state index in [1.165, 1.54) is 0 Å². The van der Waals surface area contributed by atoms with Crippen molar-refractivity contribution in [1.29, 1.82) is 0 Å². The standard InChI is InChI=1S/C15H20ClN3O2/c1-4-7-19-15(11(16)9-18-19)14(17)10-5-6-12(20-2)13(8-10)21-3/h5-6,8-9,14H,4,7,17H2,1-3H3. The third-order valence-corrected chi connectivity index (χ3v) is 3.62. The Bertz CT molecular complexity index is 613. The molecule has 0 fully saturated rings. The number of hydrogen-bond acceptors (Lipinski definition) is 4. The summed E-state index contributed by atoms with van der Waals surface area (Å²) in [7, 11) is 3.20. The molecule has 2 rings (SSSR count). The Balaban J connectivity index is 2.40. The van der Waals surface area contributed by atoms with E-state index < -0.39 is 0 Å². The molecule has 1 unspecified atom stereocenters. The molecule has 0 spiro atoms. The van der Waals surface area contributed by atoms with Crippen LogP contribution in [0.2, 0.25) is 5.02 Å². The van der Waals surface area contributed by atoms with Gasteiger partial charge in [0, 0.05) is 6.54 Å². The molecule has 21 heavy (non-hydrogen) atoms. The summed E-state index contributed by atoms with van der Waals surface area (Å²) in [5.41, 5.74) is 8.07. The molecule has 1 aromatic heterocycles. The van der Waals surface area contributed by atoms with Gasteiger partial charge in [-0.2, -0.15) is 5.10 Å². The number of hydrogen-bond donors (Lipinski definition) is 1. The van der Waals surface area contributed by atoms with Crippen molar-refractivity contribution in [3.05, 3.63) is 40.7 Å². The van der Waals surface area contributed by atoms with Crippen molar-refractivity contribution < 1.29 is 9.47 Å². The average molecular weight is 310 g/mol. The van der Waals surface area contributed by atoms with Crippen molar-refractivity contribution >= 4 is 11.6 Å². The van der Waals surface area contributed by atoms with Crippen molar-refractivity contribution in [2.75, 3.05) is 14.2 Å². The molecule has 5 nitrogen and oxygen atoms in total. The van der Waals surface area contributed by atoms with Crippen LogP contribution < -0.4 is 15.2 Å². The Morgan fingerprint density at radius 3 is 2.62 bits per heavy atom. The van der Waals surface area contributed by atoms with Crippen LogP contribution in [0.15, 0.2) is 24.4 Å². The van der Waals surface area contributed by atoms with E-state index in [4.69, 9.17) is 26.8 Å². The molecule has 2 N–H and O–H groups in total. The van der Waals surface area contributed by atoms with Crippen molar-refractivity contribution in [3.8, 4) is 11.5 Å². The number of nitrogens with zero attached hydrogens (tertiary/aromatic N) is 2. The van der Waals surface area contributed by atoms with Crippen LogP contribution in [0.5, 0.6) is 11.5 Å². The lowest BCUT2D eigenvalue weighted by atomic mass is 10.0. The quantitative estimate of drug-likeness (QED) is 0.891. The van der Waals surface area contributed by atoms with Crippen LogP contribution in [-0.2, 0) is 6.54 Å². The van der Waals surface area contributed by atoms with Crippen molar-refractivity contribution in [3.63, 3.8) is 0 Å². The fraction of sp³-hybridized carbons (Fsp3) is 0.400. The van der Waals surface area contributed by atoms with Crippen LogP contribution in [0.25, 0.3) is 0 Å². The smallest absolute Gasteiger partial charge is 0.161 e. The SMILES string of the molecule is CCCn1ncc(Cl)c1C(N)c1ccc(OC)c(OC)c1. The minimum Gasteiger partial charge on any atom is -0.493 e. The summed E-state index contributed by atoms with van der Waals surface area (Å²) in [6.45, 7) is 2.87. The van der Waals surface area contributed by atoms with Gasteiger partial charge in [-0.15, -0.1) is 0 Å². The van der Waals surface area contributed by atoms with Crippen molar-refractivity contribution in [2.24, 2.45) is 5.73 Å². The van der Waals surface area contributed by atoms with E-state index in [1.54, 1.807) is 20.4 Å². The number of nitrogens with two attached hydrogens (primary N) is 1. The second-order valence-electron chi connectivity index (χ2n) is 4.69. The lowest BCUT2D eigenvalue weighted by molar-refractivity contribution is 0.354. The molecule has 0 radical (unpaired) electrons. The number of methoxy groups -OCH3 is 2. The van der Waals surface area contributed by atoms with E-state index in [-0.39, 0.29) is 6.04 Å². The zero-order valence-electron chi connectivity index (χ0n) is 12.5. The van der Waals surface area contributed by atoms with E-state index in [0.29, 0.717) is 16.5 Å². The van der Waals surface area contributed by atoms with Crippen LogP contribution in [0.3, 0.4) is 0 Å². The molecule has 0 bridgehead atoms. The molecule has 1 atom stereocenters. The van der Waals surface area contributed by atoms with Gasteiger partial charge in [-0.3, -0.25) is 4.68 Å².